The fourth-order valence-corrected chi connectivity index (χ4v) is 4.25. The Hall–Kier alpha value is -3.05. The van der Waals surface area contributed by atoms with Crippen molar-refractivity contribution in [1.29, 1.82) is 0 Å². The first kappa shape index (κ1) is 25.1. The molecule has 35 heavy (non-hydrogen) atoms. The Morgan fingerprint density at radius 1 is 1.23 bits per heavy atom. The second-order valence-corrected chi connectivity index (χ2v) is 8.66. The lowest BCUT2D eigenvalue weighted by molar-refractivity contribution is -0.169. The highest BCUT2D eigenvalue weighted by Crippen LogP contribution is 2.35. The third-order valence-electron chi connectivity index (χ3n) is 6.20. The van der Waals surface area contributed by atoms with Crippen molar-refractivity contribution >= 4 is 17.5 Å². The molecule has 11 heteroatoms. The lowest BCUT2D eigenvalue weighted by Crippen LogP contribution is -2.36. The first-order valence-electron chi connectivity index (χ1n) is 11.6. The van der Waals surface area contributed by atoms with Crippen LogP contribution in [0.3, 0.4) is 0 Å². The first-order chi connectivity index (χ1) is 16.7. The number of aliphatic hydroxyl groups excluding tert-OH is 1. The van der Waals surface area contributed by atoms with Gasteiger partial charge >= 0.3 is 12.2 Å². The molecule has 190 valence electrons. The second kappa shape index (κ2) is 10.7. The summed E-state index contributed by atoms with van der Waals surface area (Å²) in [5.74, 6) is -0.417. The highest BCUT2D eigenvalue weighted by Gasteiger charge is 2.44. The van der Waals surface area contributed by atoms with Gasteiger partial charge in [-0.05, 0) is 48.2 Å². The lowest BCUT2D eigenvalue weighted by Gasteiger charge is -2.28. The molecule has 3 heterocycles. The van der Waals surface area contributed by atoms with Crippen molar-refractivity contribution in [2.45, 2.75) is 19.5 Å². The number of halogens is 3. The predicted octanol–water partition coefficient (Wildman–Crippen LogP) is 3.68. The van der Waals surface area contributed by atoms with Gasteiger partial charge in [0.15, 0.2) is 0 Å². The van der Waals surface area contributed by atoms with E-state index in [1.807, 2.05) is 19.1 Å². The molecule has 2 fully saturated rings. The van der Waals surface area contributed by atoms with Crippen LogP contribution in [-0.4, -0.2) is 79.8 Å². The molecule has 1 aromatic carbocycles. The van der Waals surface area contributed by atoms with Crippen LogP contribution in [0.5, 0.6) is 5.88 Å². The van der Waals surface area contributed by atoms with E-state index in [9.17, 15) is 18.0 Å². The molecule has 1 aromatic heterocycles. The minimum atomic E-state index is -4.30. The van der Waals surface area contributed by atoms with Gasteiger partial charge in [0.25, 0.3) is 0 Å². The molecule has 2 amide bonds. The van der Waals surface area contributed by atoms with Gasteiger partial charge in [-0.25, -0.2) is 4.79 Å². The summed E-state index contributed by atoms with van der Waals surface area (Å²) in [5, 5.41) is 11.9. The van der Waals surface area contributed by atoms with Crippen LogP contribution < -0.4 is 15.0 Å². The second-order valence-electron chi connectivity index (χ2n) is 8.66. The van der Waals surface area contributed by atoms with E-state index in [2.05, 4.69) is 15.2 Å². The van der Waals surface area contributed by atoms with E-state index in [1.165, 1.54) is 4.90 Å². The molecule has 0 saturated carbocycles. The number of carbonyl (C=O) groups is 1. The summed E-state index contributed by atoms with van der Waals surface area (Å²) < 4.78 is 50.0. The summed E-state index contributed by atoms with van der Waals surface area (Å²) in [5.41, 5.74) is 3.05. The minimum absolute atomic E-state index is 0.0630. The molecule has 1 atom stereocenters. The van der Waals surface area contributed by atoms with Gasteiger partial charge in [-0.15, -0.1) is 0 Å². The smallest absolute Gasteiger partial charge is 0.393 e. The SMILES string of the molecule is Cc1ccc(NC(=O)N2CC[C@@H](C(F)(F)F)C2)cc1-c1cc(OCCO)nc(N2CCOCC2)c1. The highest BCUT2D eigenvalue weighted by atomic mass is 19.4. The number of hydrogen-bond donors (Lipinski definition) is 2. The van der Waals surface area contributed by atoms with Gasteiger partial charge in [0.2, 0.25) is 5.88 Å². The van der Waals surface area contributed by atoms with E-state index in [1.54, 1.807) is 18.2 Å². The van der Waals surface area contributed by atoms with Crippen LogP contribution >= 0.6 is 0 Å². The Bertz CT molecular complexity index is 1040. The number of nitrogens with one attached hydrogen (secondary N) is 1. The summed E-state index contributed by atoms with van der Waals surface area (Å²) in [7, 11) is 0. The third-order valence-corrected chi connectivity index (χ3v) is 6.20. The Kier molecular flexibility index (Phi) is 7.66. The van der Waals surface area contributed by atoms with E-state index in [0.29, 0.717) is 43.7 Å². The van der Waals surface area contributed by atoms with Crippen LogP contribution in [0.15, 0.2) is 30.3 Å². The van der Waals surface area contributed by atoms with Crippen molar-refractivity contribution in [2.24, 2.45) is 5.92 Å². The number of nitrogens with zero attached hydrogens (tertiary/aromatic N) is 3. The molecular formula is C24H29F3N4O4. The number of aliphatic hydroxyl groups is 1. The maximum atomic E-state index is 13.0. The molecule has 4 rings (SSSR count). The number of aromatic nitrogens is 1. The van der Waals surface area contributed by atoms with E-state index in [-0.39, 0.29) is 32.7 Å². The molecule has 2 aromatic rings. The van der Waals surface area contributed by atoms with Gasteiger partial charge in [-0.1, -0.05) is 6.07 Å². The number of benzene rings is 1. The Balaban J connectivity index is 1.57. The fraction of sp³-hybridized carbons (Fsp3) is 0.500. The molecule has 0 spiro atoms. The van der Waals surface area contributed by atoms with Gasteiger partial charge in [0, 0.05) is 37.9 Å². The number of amides is 2. The summed E-state index contributed by atoms with van der Waals surface area (Å²) in [6.45, 7) is 4.14. The van der Waals surface area contributed by atoms with Crippen molar-refractivity contribution in [1.82, 2.24) is 9.88 Å². The standard InChI is InChI=1S/C24H29F3N4O4/c1-16-2-3-19(28-23(33)31-5-4-18(15-31)24(25,26)27)14-20(16)17-12-21(30-6-9-34-10-7-30)29-22(13-17)35-11-8-32/h2-3,12-14,18,32H,4-11,15H2,1H3,(H,28,33)/t18-/m1/s1. The van der Waals surface area contributed by atoms with Gasteiger partial charge in [-0.3, -0.25) is 0 Å². The number of hydrogen-bond acceptors (Lipinski definition) is 6. The average molecular weight is 495 g/mol. The molecule has 2 saturated heterocycles. The number of anilines is 2. The number of carbonyl (C=O) groups excluding carboxylic acids is 1. The number of likely N-dealkylation sites (tertiary alicyclic amines) is 1. The zero-order chi connectivity index (χ0) is 25.0. The maximum Gasteiger partial charge on any atom is 0.393 e. The van der Waals surface area contributed by atoms with Crippen LogP contribution in [0.25, 0.3) is 11.1 Å². The summed E-state index contributed by atoms with van der Waals surface area (Å²) in [6, 6.07) is 8.50. The summed E-state index contributed by atoms with van der Waals surface area (Å²) in [6.07, 6.45) is -4.39. The molecule has 0 aliphatic carbocycles. The van der Waals surface area contributed by atoms with Crippen LogP contribution in [0.4, 0.5) is 29.5 Å². The number of rotatable bonds is 6. The molecule has 0 radical (unpaired) electrons. The minimum Gasteiger partial charge on any atom is -0.475 e. The normalized spacial score (nSPS) is 18.6. The number of aryl methyl sites for hydroxylation is 1. The van der Waals surface area contributed by atoms with E-state index >= 15 is 0 Å². The number of morpholine rings is 1. The molecule has 0 bridgehead atoms. The molecule has 2 N–H and O–H groups in total. The van der Waals surface area contributed by atoms with Crippen LogP contribution in [0.2, 0.25) is 0 Å². The van der Waals surface area contributed by atoms with E-state index in [4.69, 9.17) is 14.6 Å². The zero-order valence-electron chi connectivity index (χ0n) is 19.5. The van der Waals surface area contributed by atoms with Gasteiger partial charge < -0.3 is 29.7 Å². The van der Waals surface area contributed by atoms with Crippen molar-refractivity contribution in [3.63, 3.8) is 0 Å². The van der Waals surface area contributed by atoms with Gasteiger partial charge in [0.05, 0.1) is 25.7 Å². The summed E-state index contributed by atoms with van der Waals surface area (Å²) >= 11 is 0. The van der Waals surface area contributed by atoms with E-state index < -0.39 is 18.1 Å². The number of alkyl halides is 3. The van der Waals surface area contributed by atoms with E-state index in [0.717, 1.165) is 16.7 Å². The van der Waals surface area contributed by atoms with Crippen LogP contribution in [-0.2, 0) is 4.74 Å². The number of pyridine rings is 1. The highest BCUT2D eigenvalue weighted by molar-refractivity contribution is 5.90. The molecule has 0 unspecified atom stereocenters. The molecular weight excluding hydrogens is 465 g/mol. The van der Waals surface area contributed by atoms with Crippen molar-refractivity contribution in [3.05, 3.63) is 35.9 Å². The number of urea groups is 1. The van der Waals surface area contributed by atoms with Crippen molar-refractivity contribution < 1.29 is 32.5 Å². The monoisotopic (exact) mass is 494 g/mol. The molecule has 2 aliphatic rings. The topological polar surface area (TPSA) is 87.2 Å². The molecule has 2 aliphatic heterocycles. The van der Waals surface area contributed by atoms with Gasteiger partial charge in [0.1, 0.15) is 12.4 Å². The van der Waals surface area contributed by atoms with Crippen molar-refractivity contribution in [3.8, 4) is 17.0 Å². The first-order valence-corrected chi connectivity index (χ1v) is 11.6. The maximum absolute atomic E-state index is 13.0. The third kappa shape index (κ3) is 6.15. The van der Waals surface area contributed by atoms with Crippen LogP contribution in [0.1, 0.15) is 12.0 Å². The molecule has 8 nitrogen and oxygen atoms in total. The Morgan fingerprint density at radius 3 is 2.69 bits per heavy atom. The Labute approximate surface area is 201 Å². The quantitative estimate of drug-likeness (QED) is 0.637. The van der Waals surface area contributed by atoms with Crippen molar-refractivity contribution in [2.75, 3.05) is 62.8 Å². The van der Waals surface area contributed by atoms with Gasteiger partial charge in [-0.2, -0.15) is 18.2 Å². The Morgan fingerprint density at radius 2 is 2.00 bits per heavy atom. The predicted molar refractivity (Wildman–Crippen MR) is 125 cm³/mol. The summed E-state index contributed by atoms with van der Waals surface area (Å²) in [4.78, 5) is 20.5. The fourth-order valence-electron chi connectivity index (χ4n) is 4.25. The largest absolute Gasteiger partial charge is 0.475 e. The zero-order valence-corrected chi connectivity index (χ0v) is 19.5. The number of ether oxygens (including phenoxy) is 2. The lowest BCUT2D eigenvalue weighted by atomic mass is 10.0. The average Bonchev–Trinajstić information content (AvgIpc) is 3.36. The van der Waals surface area contributed by atoms with Crippen LogP contribution in [0, 0.1) is 12.8 Å².